The highest BCUT2D eigenvalue weighted by Crippen LogP contribution is 1.95. The van der Waals surface area contributed by atoms with Crippen molar-refractivity contribution in [1.29, 1.82) is 5.41 Å². The van der Waals surface area contributed by atoms with Gasteiger partial charge in [0.1, 0.15) is 0 Å². The maximum Gasteiger partial charge on any atom is 0.168 e. The molecule has 0 aromatic carbocycles. The van der Waals surface area contributed by atoms with Gasteiger partial charge >= 0.3 is 0 Å². The standard InChI is InChI=1S/C5H6N2O.2ClH/c6-5(7)4-2-1-3-8-4;;/h1-3H,(H3,6,7);2*1H. The van der Waals surface area contributed by atoms with Crippen molar-refractivity contribution in [3.05, 3.63) is 24.2 Å². The van der Waals surface area contributed by atoms with Gasteiger partial charge in [-0.3, -0.25) is 5.41 Å². The Balaban J connectivity index is 0. The number of nitrogen functional groups attached to an aromatic ring is 1. The first-order chi connectivity index (χ1) is 3.80. The van der Waals surface area contributed by atoms with Crippen molar-refractivity contribution in [3.8, 4) is 0 Å². The van der Waals surface area contributed by atoms with Gasteiger partial charge in [0.25, 0.3) is 0 Å². The van der Waals surface area contributed by atoms with Crippen molar-refractivity contribution in [2.75, 3.05) is 0 Å². The predicted molar refractivity (Wildman–Crippen MR) is 44.2 cm³/mol. The second-order valence-corrected chi connectivity index (χ2v) is 1.39. The third-order valence-corrected chi connectivity index (χ3v) is 0.787. The Labute approximate surface area is 70.9 Å². The van der Waals surface area contributed by atoms with Gasteiger partial charge in [0, 0.05) is 0 Å². The van der Waals surface area contributed by atoms with Crippen molar-refractivity contribution in [1.82, 2.24) is 0 Å². The molecule has 0 aliphatic rings. The van der Waals surface area contributed by atoms with Crippen LogP contribution in [0.25, 0.3) is 0 Å². The Kier molecular flexibility index (Phi) is 6.20. The van der Waals surface area contributed by atoms with Gasteiger partial charge < -0.3 is 10.2 Å². The second kappa shape index (κ2) is 5.14. The van der Waals surface area contributed by atoms with Crippen molar-refractivity contribution in [2.24, 2.45) is 5.73 Å². The van der Waals surface area contributed by atoms with E-state index < -0.39 is 0 Å². The summed E-state index contributed by atoms with van der Waals surface area (Å²) in [6.45, 7) is 0. The lowest BCUT2D eigenvalue weighted by atomic mass is 10.4. The Morgan fingerprint density at radius 2 is 2.10 bits per heavy atom. The molecule has 5 heteroatoms. The van der Waals surface area contributed by atoms with Crippen LogP contribution in [0.5, 0.6) is 0 Å². The van der Waals surface area contributed by atoms with E-state index in [9.17, 15) is 0 Å². The minimum Gasteiger partial charge on any atom is -0.461 e. The minimum atomic E-state index is -0.0324. The molecule has 0 spiro atoms. The molecule has 10 heavy (non-hydrogen) atoms. The number of halogens is 2. The topological polar surface area (TPSA) is 63.0 Å². The van der Waals surface area contributed by atoms with Crippen LogP contribution in [0.1, 0.15) is 5.76 Å². The zero-order valence-corrected chi connectivity index (χ0v) is 6.67. The smallest absolute Gasteiger partial charge is 0.168 e. The first kappa shape index (κ1) is 12.0. The van der Waals surface area contributed by atoms with Gasteiger partial charge in [-0.05, 0) is 12.1 Å². The minimum absolute atomic E-state index is 0. The van der Waals surface area contributed by atoms with Crippen molar-refractivity contribution in [2.45, 2.75) is 0 Å². The Bertz CT molecular complexity index is 186. The molecule has 0 amide bonds. The highest BCUT2D eigenvalue weighted by Gasteiger charge is 1.94. The molecule has 0 saturated carbocycles. The maximum absolute atomic E-state index is 6.84. The molecule has 1 aromatic heterocycles. The van der Waals surface area contributed by atoms with Crippen molar-refractivity contribution < 1.29 is 4.42 Å². The van der Waals surface area contributed by atoms with Crippen LogP contribution in [0.3, 0.4) is 0 Å². The van der Waals surface area contributed by atoms with Crippen LogP contribution in [0.2, 0.25) is 0 Å². The van der Waals surface area contributed by atoms with Gasteiger partial charge in [-0.1, -0.05) is 0 Å². The molecule has 1 heterocycles. The largest absolute Gasteiger partial charge is 0.461 e. The molecule has 3 N–H and O–H groups in total. The third kappa shape index (κ3) is 2.75. The number of amidine groups is 1. The molecule has 1 aromatic rings. The average Bonchev–Trinajstić information content (AvgIpc) is 2.12. The van der Waals surface area contributed by atoms with Gasteiger partial charge in [0.05, 0.1) is 6.26 Å². The van der Waals surface area contributed by atoms with Crippen LogP contribution in [-0.4, -0.2) is 5.84 Å². The van der Waals surface area contributed by atoms with E-state index in [2.05, 4.69) is 0 Å². The van der Waals surface area contributed by atoms with Crippen molar-refractivity contribution >= 4 is 30.6 Å². The average molecular weight is 183 g/mol. The van der Waals surface area contributed by atoms with Crippen molar-refractivity contribution in [3.63, 3.8) is 0 Å². The summed E-state index contributed by atoms with van der Waals surface area (Å²) in [4.78, 5) is 0. The van der Waals surface area contributed by atoms with Gasteiger partial charge in [-0.2, -0.15) is 0 Å². The van der Waals surface area contributed by atoms with Gasteiger partial charge in [0.15, 0.2) is 11.6 Å². The molecule has 0 aliphatic heterocycles. The first-order valence-electron chi connectivity index (χ1n) is 2.18. The molecule has 0 unspecified atom stereocenters. The van der Waals surface area contributed by atoms with Crippen LogP contribution < -0.4 is 5.73 Å². The van der Waals surface area contributed by atoms with E-state index in [0.29, 0.717) is 5.76 Å². The number of nitrogens with two attached hydrogens (primary N) is 1. The molecule has 1 rings (SSSR count). The number of hydrogen-bond donors (Lipinski definition) is 2. The normalized spacial score (nSPS) is 7.20. The number of nitrogens with one attached hydrogen (secondary N) is 1. The molecule has 0 aliphatic carbocycles. The Morgan fingerprint density at radius 1 is 1.50 bits per heavy atom. The van der Waals surface area contributed by atoms with Gasteiger partial charge in [-0.15, -0.1) is 24.8 Å². The van der Waals surface area contributed by atoms with E-state index in [4.69, 9.17) is 15.6 Å². The lowest BCUT2D eigenvalue weighted by Crippen LogP contribution is -2.08. The molecule has 0 atom stereocenters. The van der Waals surface area contributed by atoms with E-state index in [1.54, 1.807) is 12.1 Å². The van der Waals surface area contributed by atoms with E-state index >= 15 is 0 Å². The molecule has 58 valence electrons. The fraction of sp³-hybridized carbons (Fsp3) is 0. The van der Waals surface area contributed by atoms with E-state index in [1.165, 1.54) is 6.26 Å². The van der Waals surface area contributed by atoms with Crippen LogP contribution in [-0.2, 0) is 0 Å². The molecule has 3 nitrogen and oxygen atoms in total. The quantitative estimate of drug-likeness (QED) is 0.510. The first-order valence-corrected chi connectivity index (χ1v) is 2.18. The van der Waals surface area contributed by atoms with Crippen LogP contribution in [0, 0.1) is 5.41 Å². The monoisotopic (exact) mass is 182 g/mol. The molecular formula is C5H8Cl2N2O. The molecule has 0 saturated heterocycles. The van der Waals surface area contributed by atoms with Gasteiger partial charge in [0.2, 0.25) is 0 Å². The second-order valence-electron chi connectivity index (χ2n) is 1.39. The summed E-state index contributed by atoms with van der Waals surface area (Å²) in [7, 11) is 0. The summed E-state index contributed by atoms with van der Waals surface area (Å²) in [5, 5.41) is 6.84. The Morgan fingerprint density at radius 3 is 2.30 bits per heavy atom. The van der Waals surface area contributed by atoms with E-state index in [0.717, 1.165) is 0 Å². The summed E-state index contributed by atoms with van der Waals surface area (Å²) in [6, 6.07) is 3.33. The maximum atomic E-state index is 6.84. The number of rotatable bonds is 1. The molecule has 0 bridgehead atoms. The highest BCUT2D eigenvalue weighted by molar-refractivity contribution is 5.91. The summed E-state index contributed by atoms with van der Waals surface area (Å²) in [6.07, 6.45) is 1.48. The Hall–Kier alpha value is -0.670. The number of hydrogen-bond acceptors (Lipinski definition) is 2. The lowest BCUT2D eigenvalue weighted by molar-refractivity contribution is 0.556. The molecular weight excluding hydrogens is 175 g/mol. The molecule has 0 radical (unpaired) electrons. The van der Waals surface area contributed by atoms with Crippen LogP contribution in [0.15, 0.2) is 22.8 Å². The zero-order valence-electron chi connectivity index (χ0n) is 5.03. The summed E-state index contributed by atoms with van der Waals surface area (Å²) in [5.41, 5.74) is 5.05. The number of furan rings is 1. The SMILES string of the molecule is Cl.Cl.N=C(N)c1ccco1. The fourth-order valence-corrected chi connectivity index (χ4v) is 0.432. The summed E-state index contributed by atoms with van der Waals surface area (Å²) in [5.74, 6) is 0.389. The van der Waals surface area contributed by atoms with E-state index in [1.807, 2.05) is 0 Å². The lowest BCUT2D eigenvalue weighted by Gasteiger charge is -1.84. The molecule has 0 fully saturated rings. The van der Waals surface area contributed by atoms with E-state index in [-0.39, 0.29) is 30.6 Å². The summed E-state index contributed by atoms with van der Waals surface area (Å²) < 4.78 is 4.75. The zero-order chi connectivity index (χ0) is 5.98. The van der Waals surface area contributed by atoms with Crippen LogP contribution >= 0.6 is 24.8 Å². The third-order valence-electron chi connectivity index (χ3n) is 0.787. The highest BCUT2D eigenvalue weighted by atomic mass is 35.5. The predicted octanol–water partition coefficient (Wildman–Crippen LogP) is 1.41. The van der Waals surface area contributed by atoms with Gasteiger partial charge in [-0.25, -0.2) is 0 Å². The van der Waals surface area contributed by atoms with Crippen LogP contribution in [0.4, 0.5) is 0 Å². The summed E-state index contributed by atoms with van der Waals surface area (Å²) >= 11 is 0. The fourth-order valence-electron chi connectivity index (χ4n) is 0.432.